The van der Waals surface area contributed by atoms with E-state index in [1.807, 2.05) is 6.92 Å². The minimum Gasteiger partial charge on any atom is -0.201 e. The second-order valence-corrected chi connectivity index (χ2v) is 3.38. The van der Waals surface area contributed by atoms with Crippen LogP contribution in [0.1, 0.15) is 30.0 Å². The van der Waals surface area contributed by atoms with Gasteiger partial charge in [-0.25, -0.2) is 8.78 Å². The molecule has 1 aromatic rings. The number of benzene rings is 1. The second-order valence-electron chi connectivity index (χ2n) is 3.38. The molecule has 0 nitrogen and oxygen atoms in total. The van der Waals surface area contributed by atoms with Crippen molar-refractivity contribution in [3.05, 3.63) is 34.9 Å². The summed E-state index contributed by atoms with van der Waals surface area (Å²) in [4.78, 5) is 0. The summed E-state index contributed by atoms with van der Waals surface area (Å²) in [7, 11) is 0. The monoisotopic (exact) mass is 184 g/mol. The maximum absolute atomic E-state index is 13.3. The van der Waals surface area contributed by atoms with Gasteiger partial charge in [0.2, 0.25) is 0 Å². The van der Waals surface area contributed by atoms with Crippen LogP contribution in [0.15, 0.2) is 18.2 Å². The van der Waals surface area contributed by atoms with Crippen LogP contribution in [-0.2, 0) is 5.92 Å². The third-order valence-electron chi connectivity index (χ3n) is 2.22. The fourth-order valence-corrected chi connectivity index (χ4v) is 1.41. The second kappa shape index (κ2) is 3.44. The average molecular weight is 184 g/mol. The zero-order valence-corrected chi connectivity index (χ0v) is 8.20. The third-order valence-corrected chi connectivity index (χ3v) is 2.22. The molecule has 0 N–H and O–H groups in total. The van der Waals surface area contributed by atoms with Crippen LogP contribution in [0, 0.1) is 13.8 Å². The lowest BCUT2D eigenvalue weighted by Gasteiger charge is -2.17. The Kier molecular flexibility index (Phi) is 2.69. The molecule has 13 heavy (non-hydrogen) atoms. The summed E-state index contributed by atoms with van der Waals surface area (Å²) in [5, 5.41) is 0. The highest BCUT2D eigenvalue weighted by molar-refractivity contribution is 5.33. The van der Waals surface area contributed by atoms with Crippen molar-refractivity contribution in [1.29, 1.82) is 0 Å². The SMILES string of the molecule is CCC(F)(F)c1ccc(C)cc1C. The zero-order chi connectivity index (χ0) is 10.1. The number of rotatable bonds is 2. The molecule has 0 aliphatic carbocycles. The summed E-state index contributed by atoms with van der Waals surface area (Å²) in [5.74, 6) is -2.68. The molecule has 0 spiro atoms. The topological polar surface area (TPSA) is 0 Å². The first-order chi connectivity index (χ1) is 5.97. The Morgan fingerprint density at radius 2 is 1.85 bits per heavy atom. The number of hydrogen-bond donors (Lipinski definition) is 0. The summed E-state index contributed by atoms with van der Waals surface area (Å²) in [5.41, 5.74) is 1.85. The molecular weight excluding hydrogens is 170 g/mol. The van der Waals surface area contributed by atoms with Gasteiger partial charge in [0.15, 0.2) is 0 Å². The molecule has 1 aromatic carbocycles. The van der Waals surface area contributed by atoms with E-state index in [-0.39, 0.29) is 12.0 Å². The van der Waals surface area contributed by atoms with Gasteiger partial charge in [-0.3, -0.25) is 0 Å². The maximum Gasteiger partial charge on any atom is 0.273 e. The standard InChI is InChI=1S/C11H14F2/c1-4-11(12,13)10-6-5-8(2)7-9(10)3/h5-7H,4H2,1-3H3. The number of hydrogen-bond acceptors (Lipinski definition) is 0. The van der Waals surface area contributed by atoms with Gasteiger partial charge in [0, 0.05) is 12.0 Å². The van der Waals surface area contributed by atoms with E-state index in [1.54, 1.807) is 19.1 Å². The van der Waals surface area contributed by atoms with Crippen LogP contribution in [0.5, 0.6) is 0 Å². The van der Waals surface area contributed by atoms with Crippen molar-refractivity contribution >= 4 is 0 Å². The largest absolute Gasteiger partial charge is 0.273 e. The van der Waals surface area contributed by atoms with Crippen LogP contribution >= 0.6 is 0 Å². The van der Waals surface area contributed by atoms with Crippen LogP contribution in [0.25, 0.3) is 0 Å². The van der Waals surface area contributed by atoms with Gasteiger partial charge in [0.25, 0.3) is 5.92 Å². The Morgan fingerprint density at radius 3 is 2.31 bits per heavy atom. The lowest BCUT2D eigenvalue weighted by Crippen LogP contribution is -2.13. The normalized spacial score (nSPS) is 11.8. The molecule has 0 amide bonds. The number of aryl methyl sites for hydroxylation is 2. The Bertz CT molecular complexity index is 303. The highest BCUT2D eigenvalue weighted by atomic mass is 19.3. The van der Waals surface area contributed by atoms with Crippen molar-refractivity contribution in [2.24, 2.45) is 0 Å². The van der Waals surface area contributed by atoms with Crippen LogP contribution in [0.3, 0.4) is 0 Å². The molecule has 0 unspecified atom stereocenters. The van der Waals surface area contributed by atoms with Gasteiger partial charge in [-0.15, -0.1) is 0 Å². The molecule has 0 fully saturated rings. The summed E-state index contributed by atoms with van der Waals surface area (Å²) < 4.78 is 26.6. The maximum atomic E-state index is 13.3. The quantitative estimate of drug-likeness (QED) is 0.655. The smallest absolute Gasteiger partial charge is 0.201 e. The number of alkyl halides is 2. The summed E-state index contributed by atoms with van der Waals surface area (Å²) in [6, 6.07) is 5.04. The van der Waals surface area contributed by atoms with E-state index in [0.29, 0.717) is 5.56 Å². The van der Waals surface area contributed by atoms with Crippen molar-refractivity contribution in [2.75, 3.05) is 0 Å². The van der Waals surface area contributed by atoms with Gasteiger partial charge in [0.05, 0.1) is 0 Å². The van der Waals surface area contributed by atoms with Crippen molar-refractivity contribution in [3.8, 4) is 0 Å². The van der Waals surface area contributed by atoms with E-state index >= 15 is 0 Å². The first-order valence-electron chi connectivity index (χ1n) is 4.43. The molecule has 0 aliphatic heterocycles. The first-order valence-corrected chi connectivity index (χ1v) is 4.43. The van der Waals surface area contributed by atoms with E-state index in [1.165, 1.54) is 13.0 Å². The molecule has 72 valence electrons. The van der Waals surface area contributed by atoms with Crippen LogP contribution in [0.2, 0.25) is 0 Å². The first kappa shape index (κ1) is 10.2. The van der Waals surface area contributed by atoms with Crippen molar-refractivity contribution in [1.82, 2.24) is 0 Å². The van der Waals surface area contributed by atoms with Crippen LogP contribution < -0.4 is 0 Å². The van der Waals surface area contributed by atoms with Crippen LogP contribution in [0.4, 0.5) is 8.78 Å². The molecule has 0 saturated carbocycles. The van der Waals surface area contributed by atoms with E-state index in [0.717, 1.165) is 5.56 Å². The molecule has 2 heteroatoms. The fraction of sp³-hybridized carbons (Fsp3) is 0.455. The molecule has 0 bridgehead atoms. The van der Waals surface area contributed by atoms with E-state index in [2.05, 4.69) is 0 Å². The van der Waals surface area contributed by atoms with Gasteiger partial charge in [-0.2, -0.15) is 0 Å². The van der Waals surface area contributed by atoms with Gasteiger partial charge >= 0.3 is 0 Å². The van der Waals surface area contributed by atoms with E-state index in [4.69, 9.17) is 0 Å². The predicted octanol–water partition coefficient (Wildman–Crippen LogP) is 3.81. The fourth-order valence-electron chi connectivity index (χ4n) is 1.41. The third kappa shape index (κ3) is 2.06. The Balaban J connectivity index is 3.16. The minimum atomic E-state index is -2.68. The Morgan fingerprint density at radius 1 is 1.23 bits per heavy atom. The lowest BCUT2D eigenvalue weighted by atomic mass is 9.99. The Hall–Kier alpha value is -0.920. The summed E-state index contributed by atoms with van der Waals surface area (Å²) >= 11 is 0. The van der Waals surface area contributed by atoms with Crippen molar-refractivity contribution in [3.63, 3.8) is 0 Å². The molecule has 0 aromatic heterocycles. The molecule has 0 atom stereocenters. The molecule has 0 radical (unpaired) electrons. The lowest BCUT2D eigenvalue weighted by molar-refractivity contribution is -0.00889. The number of halogens is 2. The van der Waals surface area contributed by atoms with E-state index < -0.39 is 5.92 Å². The molecule has 0 aliphatic rings. The average Bonchev–Trinajstić information content (AvgIpc) is 2.03. The predicted molar refractivity (Wildman–Crippen MR) is 50.1 cm³/mol. The van der Waals surface area contributed by atoms with Gasteiger partial charge < -0.3 is 0 Å². The van der Waals surface area contributed by atoms with Crippen molar-refractivity contribution in [2.45, 2.75) is 33.1 Å². The highest BCUT2D eigenvalue weighted by Crippen LogP contribution is 2.33. The van der Waals surface area contributed by atoms with Crippen molar-refractivity contribution < 1.29 is 8.78 Å². The highest BCUT2D eigenvalue weighted by Gasteiger charge is 2.30. The van der Waals surface area contributed by atoms with Gasteiger partial charge in [-0.05, 0) is 19.4 Å². The molecule has 1 rings (SSSR count). The Labute approximate surface area is 77.6 Å². The summed E-state index contributed by atoms with van der Waals surface area (Å²) in [6.07, 6.45) is -0.142. The van der Waals surface area contributed by atoms with Gasteiger partial charge in [0.1, 0.15) is 0 Å². The molecule has 0 saturated heterocycles. The summed E-state index contributed by atoms with van der Waals surface area (Å²) in [6.45, 7) is 5.13. The zero-order valence-electron chi connectivity index (χ0n) is 8.20. The minimum absolute atomic E-state index is 0.142. The van der Waals surface area contributed by atoms with Gasteiger partial charge in [-0.1, -0.05) is 30.7 Å². The molecule has 0 heterocycles. The molecular formula is C11H14F2. The van der Waals surface area contributed by atoms with Crippen LogP contribution in [-0.4, -0.2) is 0 Å². The van der Waals surface area contributed by atoms with E-state index in [9.17, 15) is 8.78 Å².